The van der Waals surface area contributed by atoms with E-state index in [2.05, 4.69) is 27.1 Å². The van der Waals surface area contributed by atoms with Gasteiger partial charge >= 0.3 is 0 Å². The summed E-state index contributed by atoms with van der Waals surface area (Å²) in [5.41, 5.74) is 0.830. The molecule has 0 aromatic carbocycles. The van der Waals surface area contributed by atoms with Gasteiger partial charge in [0.15, 0.2) is 0 Å². The molecule has 1 saturated heterocycles. The molecule has 25 heavy (non-hydrogen) atoms. The van der Waals surface area contributed by atoms with Gasteiger partial charge in [-0.2, -0.15) is 0 Å². The fourth-order valence-electron chi connectivity index (χ4n) is 4.18. The second-order valence-corrected chi connectivity index (χ2v) is 8.60. The van der Waals surface area contributed by atoms with Gasteiger partial charge in [0.2, 0.25) is 0 Å². The Balaban J connectivity index is 1.43. The van der Waals surface area contributed by atoms with Crippen molar-refractivity contribution in [2.24, 2.45) is 17.8 Å². The van der Waals surface area contributed by atoms with Gasteiger partial charge in [-0.25, -0.2) is 0 Å². The minimum atomic E-state index is -0.0205. The van der Waals surface area contributed by atoms with E-state index in [0.29, 0.717) is 16.7 Å². The SMILES string of the molecule is CCCc1nnsc1C(=O)N[C@H]1C[C@H]2CNC[C@H]2C[C@@H]1OCC1CC1. The Labute approximate surface area is 153 Å². The second-order valence-electron chi connectivity index (χ2n) is 7.84. The molecule has 2 aliphatic carbocycles. The normalized spacial score (nSPS) is 31.7. The van der Waals surface area contributed by atoms with Crippen molar-refractivity contribution in [1.82, 2.24) is 20.2 Å². The summed E-state index contributed by atoms with van der Waals surface area (Å²) >= 11 is 1.21. The number of hydrogen-bond acceptors (Lipinski definition) is 6. The van der Waals surface area contributed by atoms with Crippen LogP contribution in [0, 0.1) is 17.8 Å². The van der Waals surface area contributed by atoms with E-state index in [4.69, 9.17) is 4.74 Å². The highest BCUT2D eigenvalue weighted by atomic mass is 32.1. The summed E-state index contributed by atoms with van der Waals surface area (Å²) in [5, 5.41) is 10.9. The Bertz CT molecular complexity index is 604. The minimum absolute atomic E-state index is 0.0205. The van der Waals surface area contributed by atoms with Crippen LogP contribution in [-0.4, -0.2) is 47.3 Å². The number of carbonyl (C=O) groups is 1. The standard InChI is InChI=1S/C18H28N4O2S/c1-2-3-14-17(25-22-21-14)18(23)20-15-6-12-8-19-9-13(12)7-16(15)24-10-11-4-5-11/h11-13,15-16,19H,2-10H2,1H3,(H,20,23)/t12-,13+,15-,16-/m0/s1. The number of carbonyl (C=O) groups excluding carboxylic acids is 1. The number of aromatic nitrogens is 2. The number of nitrogens with one attached hydrogen (secondary N) is 2. The van der Waals surface area contributed by atoms with Gasteiger partial charge in [0.25, 0.3) is 5.91 Å². The molecule has 2 heterocycles. The van der Waals surface area contributed by atoms with Crippen molar-refractivity contribution in [3.8, 4) is 0 Å². The average molecular weight is 365 g/mol. The molecule has 0 bridgehead atoms. The highest BCUT2D eigenvalue weighted by Crippen LogP contribution is 2.36. The van der Waals surface area contributed by atoms with Crippen LogP contribution in [0.3, 0.4) is 0 Å². The molecule has 0 unspecified atom stereocenters. The molecular formula is C18H28N4O2S. The maximum absolute atomic E-state index is 12.8. The molecule has 6 nitrogen and oxygen atoms in total. The van der Waals surface area contributed by atoms with Crippen molar-refractivity contribution >= 4 is 17.4 Å². The summed E-state index contributed by atoms with van der Waals surface area (Å²) in [4.78, 5) is 13.5. The summed E-state index contributed by atoms with van der Waals surface area (Å²) in [6.07, 6.45) is 6.57. The molecule has 3 aliphatic rings. The van der Waals surface area contributed by atoms with Crippen LogP contribution in [0.2, 0.25) is 0 Å². The van der Waals surface area contributed by atoms with Crippen molar-refractivity contribution < 1.29 is 9.53 Å². The van der Waals surface area contributed by atoms with Crippen LogP contribution >= 0.6 is 11.5 Å². The van der Waals surface area contributed by atoms with Gasteiger partial charge in [0.05, 0.1) is 17.8 Å². The molecular weight excluding hydrogens is 336 g/mol. The van der Waals surface area contributed by atoms with Crippen molar-refractivity contribution in [2.45, 2.75) is 57.6 Å². The topological polar surface area (TPSA) is 76.1 Å². The third-order valence-electron chi connectivity index (χ3n) is 5.83. The molecule has 0 radical (unpaired) electrons. The van der Waals surface area contributed by atoms with Gasteiger partial charge in [0, 0.05) is 6.61 Å². The summed E-state index contributed by atoms with van der Waals surface area (Å²) < 4.78 is 10.2. The average Bonchev–Trinajstić information content (AvgIpc) is 3.12. The first-order valence-corrected chi connectivity index (χ1v) is 10.5. The number of aryl methyl sites for hydroxylation is 1. The van der Waals surface area contributed by atoms with Crippen molar-refractivity contribution in [3.05, 3.63) is 10.6 Å². The van der Waals surface area contributed by atoms with Crippen LogP contribution in [0.4, 0.5) is 0 Å². The highest BCUT2D eigenvalue weighted by molar-refractivity contribution is 7.08. The van der Waals surface area contributed by atoms with Gasteiger partial charge in [-0.15, -0.1) is 5.10 Å². The van der Waals surface area contributed by atoms with Gasteiger partial charge < -0.3 is 15.4 Å². The summed E-state index contributed by atoms with van der Waals surface area (Å²) in [5.74, 6) is 2.07. The third-order valence-corrected chi connectivity index (χ3v) is 6.60. The first-order chi connectivity index (χ1) is 12.2. The molecule has 1 aromatic rings. The molecule has 3 fully saturated rings. The predicted octanol–water partition coefficient (Wildman–Crippen LogP) is 2.01. The number of amides is 1. The lowest BCUT2D eigenvalue weighted by atomic mass is 9.77. The number of rotatable bonds is 7. The molecule has 2 saturated carbocycles. The zero-order valence-electron chi connectivity index (χ0n) is 14.9. The first-order valence-electron chi connectivity index (χ1n) is 9.69. The number of ether oxygens (including phenoxy) is 1. The van der Waals surface area contributed by atoms with Crippen molar-refractivity contribution in [2.75, 3.05) is 19.7 Å². The molecule has 0 spiro atoms. The monoisotopic (exact) mass is 364 g/mol. The summed E-state index contributed by atoms with van der Waals surface area (Å²) in [7, 11) is 0. The van der Waals surface area contributed by atoms with E-state index in [9.17, 15) is 4.79 Å². The van der Waals surface area contributed by atoms with E-state index in [1.165, 1.54) is 24.4 Å². The highest BCUT2D eigenvalue weighted by Gasteiger charge is 2.41. The number of nitrogens with zero attached hydrogens (tertiary/aromatic N) is 2. The van der Waals surface area contributed by atoms with Crippen LogP contribution in [0.5, 0.6) is 0 Å². The summed E-state index contributed by atoms with van der Waals surface area (Å²) in [6, 6.07) is 0.101. The maximum Gasteiger partial charge on any atom is 0.265 e. The van der Waals surface area contributed by atoms with Crippen LogP contribution in [0.1, 0.15) is 54.4 Å². The van der Waals surface area contributed by atoms with E-state index < -0.39 is 0 Å². The lowest BCUT2D eigenvalue weighted by Crippen LogP contribution is -2.50. The molecule has 1 aliphatic heterocycles. The Hall–Kier alpha value is -1.05. The van der Waals surface area contributed by atoms with Crippen LogP contribution in [0.15, 0.2) is 0 Å². The van der Waals surface area contributed by atoms with Gasteiger partial charge in [-0.1, -0.05) is 17.8 Å². The fourth-order valence-corrected chi connectivity index (χ4v) is 4.79. The van der Waals surface area contributed by atoms with E-state index >= 15 is 0 Å². The Morgan fingerprint density at radius 2 is 2.12 bits per heavy atom. The van der Waals surface area contributed by atoms with Gasteiger partial charge in [-0.05, 0) is 74.5 Å². The Kier molecular flexibility index (Phi) is 5.33. The largest absolute Gasteiger partial charge is 0.376 e. The third kappa shape index (κ3) is 4.04. The van der Waals surface area contributed by atoms with Crippen LogP contribution in [0.25, 0.3) is 0 Å². The van der Waals surface area contributed by atoms with E-state index in [-0.39, 0.29) is 18.1 Å². The minimum Gasteiger partial charge on any atom is -0.376 e. The predicted molar refractivity (Wildman–Crippen MR) is 96.7 cm³/mol. The van der Waals surface area contributed by atoms with Crippen molar-refractivity contribution in [1.29, 1.82) is 0 Å². The number of hydrogen-bond donors (Lipinski definition) is 2. The smallest absolute Gasteiger partial charge is 0.265 e. The van der Waals surface area contributed by atoms with Crippen molar-refractivity contribution in [3.63, 3.8) is 0 Å². The quantitative estimate of drug-likeness (QED) is 0.774. The zero-order chi connectivity index (χ0) is 17.2. The zero-order valence-corrected chi connectivity index (χ0v) is 15.7. The molecule has 4 atom stereocenters. The van der Waals surface area contributed by atoms with Crippen LogP contribution < -0.4 is 10.6 Å². The van der Waals surface area contributed by atoms with E-state index in [1.54, 1.807) is 0 Å². The molecule has 2 N–H and O–H groups in total. The van der Waals surface area contributed by atoms with Gasteiger partial charge in [-0.3, -0.25) is 4.79 Å². The Morgan fingerprint density at radius 1 is 1.32 bits per heavy atom. The molecule has 4 rings (SSSR count). The number of fused-ring (bicyclic) bond motifs is 1. The lowest BCUT2D eigenvalue weighted by molar-refractivity contribution is -0.0211. The molecule has 138 valence electrons. The van der Waals surface area contributed by atoms with E-state index in [0.717, 1.165) is 57.0 Å². The maximum atomic E-state index is 12.8. The molecule has 7 heteroatoms. The molecule has 1 amide bonds. The van der Waals surface area contributed by atoms with E-state index in [1.807, 2.05) is 0 Å². The lowest BCUT2D eigenvalue weighted by Gasteiger charge is -2.38. The molecule has 1 aromatic heterocycles. The Morgan fingerprint density at radius 3 is 2.88 bits per heavy atom. The van der Waals surface area contributed by atoms with Crippen LogP contribution in [-0.2, 0) is 11.2 Å². The second kappa shape index (κ2) is 7.68. The summed E-state index contributed by atoms with van der Waals surface area (Å²) in [6.45, 7) is 5.10. The fraction of sp³-hybridized carbons (Fsp3) is 0.833. The first kappa shape index (κ1) is 17.4. The van der Waals surface area contributed by atoms with Gasteiger partial charge in [0.1, 0.15) is 4.88 Å².